The van der Waals surface area contributed by atoms with Gasteiger partial charge in [-0.2, -0.15) is 0 Å². The number of allylic oxidation sites excluding steroid dienone is 1. The van der Waals surface area contributed by atoms with E-state index in [9.17, 15) is 9.90 Å². The Labute approximate surface area is 111 Å². The topological polar surface area (TPSA) is 52.2 Å². The first kappa shape index (κ1) is 14.2. The monoisotopic (exact) mass is 213 g/mol. The number of rotatable bonds is 2. The van der Waals surface area contributed by atoms with Crippen LogP contribution in [0, 0.1) is 6.92 Å². The molecule has 0 aliphatic rings. The fourth-order valence-electron chi connectivity index (χ4n) is 1.000. The SMILES string of the molecule is C/C([O-])=C/C(=O)Nc1ccc(C)cc1.[Na+]. The van der Waals surface area contributed by atoms with Crippen LogP contribution in [0.2, 0.25) is 0 Å². The van der Waals surface area contributed by atoms with E-state index in [0.29, 0.717) is 5.69 Å². The molecule has 1 aromatic rings. The fourth-order valence-corrected chi connectivity index (χ4v) is 1.000. The van der Waals surface area contributed by atoms with Crippen molar-refractivity contribution in [3.05, 3.63) is 41.7 Å². The molecule has 74 valence electrons. The first-order valence-corrected chi connectivity index (χ1v) is 4.31. The molecule has 0 atom stereocenters. The molecular formula is C11H12NNaO2. The minimum absolute atomic E-state index is 0. The van der Waals surface area contributed by atoms with E-state index in [4.69, 9.17) is 0 Å². The van der Waals surface area contributed by atoms with Crippen molar-refractivity contribution in [2.75, 3.05) is 5.32 Å². The average molecular weight is 213 g/mol. The van der Waals surface area contributed by atoms with Crippen molar-refractivity contribution in [1.82, 2.24) is 0 Å². The first-order valence-electron chi connectivity index (χ1n) is 4.31. The molecule has 0 heterocycles. The molecular weight excluding hydrogens is 201 g/mol. The molecule has 0 bridgehead atoms. The predicted molar refractivity (Wildman–Crippen MR) is 53.6 cm³/mol. The number of hydrogen-bond donors (Lipinski definition) is 1. The summed E-state index contributed by atoms with van der Waals surface area (Å²) in [6, 6.07) is 7.37. The van der Waals surface area contributed by atoms with Gasteiger partial charge in [-0.1, -0.05) is 24.6 Å². The van der Waals surface area contributed by atoms with Crippen LogP contribution in [0.25, 0.3) is 0 Å². The molecule has 0 radical (unpaired) electrons. The number of carbonyl (C=O) groups is 1. The number of anilines is 1. The maximum atomic E-state index is 11.1. The van der Waals surface area contributed by atoms with Crippen LogP contribution in [0.5, 0.6) is 0 Å². The minimum atomic E-state index is -0.388. The Hall–Kier alpha value is -0.770. The second-order valence-electron chi connectivity index (χ2n) is 3.11. The fraction of sp³-hybridized carbons (Fsp3) is 0.182. The molecule has 0 fully saturated rings. The largest absolute Gasteiger partial charge is 1.00 e. The van der Waals surface area contributed by atoms with Crippen molar-refractivity contribution >= 4 is 11.6 Å². The Balaban J connectivity index is 0.00000196. The molecule has 0 saturated carbocycles. The van der Waals surface area contributed by atoms with E-state index in [1.165, 1.54) is 6.92 Å². The summed E-state index contributed by atoms with van der Waals surface area (Å²) in [5.41, 5.74) is 1.82. The van der Waals surface area contributed by atoms with Crippen molar-refractivity contribution in [2.45, 2.75) is 13.8 Å². The Morgan fingerprint density at radius 2 is 1.87 bits per heavy atom. The number of carbonyl (C=O) groups excluding carboxylic acids is 1. The van der Waals surface area contributed by atoms with E-state index in [2.05, 4.69) is 5.32 Å². The van der Waals surface area contributed by atoms with Gasteiger partial charge in [-0.05, 0) is 25.1 Å². The molecule has 0 spiro atoms. The Bertz CT molecular complexity index is 353. The van der Waals surface area contributed by atoms with Crippen molar-refractivity contribution in [3.8, 4) is 0 Å². The summed E-state index contributed by atoms with van der Waals surface area (Å²) < 4.78 is 0. The molecule has 15 heavy (non-hydrogen) atoms. The van der Waals surface area contributed by atoms with Gasteiger partial charge >= 0.3 is 29.6 Å². The summed E-state index contributed by atoms with van der Waals surface area (Å²) in [5.74, 6) is -0.643. The molecule has 0 aliphatic heterocycles. The van der Waals surface area contributed by atoms with Gasteiger partial charge in [-0.3, -0.25) is 4.79 Å². The van der Waals surface area contributed by atoms with Gasteiger partial charge in [0, 0.05) is 5.69 Å². The predicted octanol–water partition coefficient (Wildman–Crippen LogP) is -1.80. The quantitative estimate of drug-likeness (QED) is 0.358. The van der Waals surface area contributed by atoms with Gasteiger partial charge in [0.25, 0.3) is 0 Å². The van der Waals surface area contributed by atoms with Crippen molar-refractivity contribution in [2.24, 2.45) is 0 Å². The van der Waals surface area contributed by atoms with E-state index in [1.54, 1.807) is 12.1 Å². The Morgan fingerprint density at radius 1 is 1.33 bits per heavy atom. The molecule has 1 amide bonds. The second kappa shape index (κ2) is 6.67. The number of benzene rings is 1. The van der Waals surface area contributed by atoms with E-state index >= 15 is 0 Å². The number of amides is 1. The van der Waals surface area contributed by atoms with E-state index in [0.717, 1.165) is 11.6 Å². The van der Waals surface area contributed by atoms with Gasteiger partial charge in [-0.15, -0.1) is 5.76 Å². The smallest absolute Gasteiger partial charge is 0.875 e. The number of nitrogens with one attached hydrogen (secondary N) is 1. The molecule has 3 nitrogen and oxygen atoms in total. The van der Waals surface area contributed by atoms with E-state index in [-0.39, 0.29) is 41.2 Å². The number of aryl methyl sites for hydroxylation is 1. The molecule has 4 heteroatoms. The van der Waals surface area contributed by atoms with Crippen LogP contribution in [0.15, 0.2) is 36.1 Å². The summed E-state index contributed by atoms with van der Waals surface area (Å²) in [6.07, 6.45) is 1.03. The first-order chi connectivity index (χ1) is 6.58. The molecule has 1 N–H and O–H groups in total. The van der Waals surface area contributed by atoms with Crippen LogP contribution < -0.4 is 40.0 Å². The van der Waals surface area contributed by atoms with Gasteiger partial charge in [-0.25, -0.2) is 0 Å². The summed E-state index contributed by atoms with van der Waals surface area (Å²) >= 11 is 0. The summed E-state index contributed by atoms with van der Waals surface area (Å²) in [4.78, 5) is 11.1. The molecule has 0 saturated heterocycles. The molecule has 0 unspecified atom stereocenters. The molecule has 0 aromatic heterocycles. The number of hydrogen-bond acceptors (Lipinski definition) is 2. The zero-order valence-electron chi connectivity index (χ0n) is 9.20. The van der Waals surface area contributed by atoms with Crippen molar-refractivity contribution in [3.63, 3.8) is 0 Å². The Kier molecular flexibility index (Phi) is 6.32. The zero-order valence-corrected chi connectivity index (χ0v) is 11.2. The third kappa shape index (κ3) is 5.62. The van der Waals surface area contributed by atoms with Crippen LogP contribution >= 0.6 is 0 Å². The van der Waals surface area contributed by atoms with Crippen LogP contribution in [0.1, 0.15) is 12.5 Å². The second-order valence-corrected chi connectivity index (χ2v) is 3.11. The molecule has 1 rings (SSSR count). The van der Waals surface area contributed by atoms with E-state index < -0.39 is 0 Å². The summed E-state index contributed by atoms with van der Waals surface area (Å²) in [6.45, 7) is 3.31. The summed E-state index contributed by atoms with van der Waals surface area (Å²) in [7, 11) is 0. The maximum Gasteiger partial charge on any atom is 1.00 e. The minimum Gasteiger partial charge on any atom is -0.875 e. The van der Waals surface area contributed by atoms with E-state index in [1.807, 2.05) is 19.1 Å². The van der Waals surface area contributed by atoms with Crippen LogP contribution in [0.4, 0.5) is 5.69 Å². The average Bonchev–Trinajstić information content (AvgIpc) is 2.07. The van der Waals surface area contributed by atoms with Gasteiger partial charge in [0.05, 0.1) is 0 Å². The third-order valence-corrected chi connectivity index (χ3v) is 1.65. The van der Waals surface area contributed by atoms with Gasteiger partial charge < -0.3 is 10.4 Å². The normalized spacial score (nSPS) is 10.4. The third-order valence-electron chi connectivity index (χ3n) is 1.65. The molecule has 1 aromatic carbocycles. The maximum absolute atomic E-state index is 11.1. The van der Waals surface area contributed by atoms with Gasteiger partial charge in [0.2, 0.25) is 5.91 Å². The Morgan fingerprint density at radius 3 is 2.33 bits per heavy atom. The van der Waals surface area contributed by atoms with Gasteiger partial charge in [0.1, 0.15) is 0 Å². The summed E-state index contributed by atoms with van der Waals surface area (Å²) in [5, 5.41) is 13.2. The molecule has 0 aliphatic carbocycles. The van der Waals surface area contributed by atoms with Crippen molar-refractivity contribution < 1.29 is 39.5 Å². The van der Waals surface area contributed by atoms with Gasteiger partial charge in [0.15, 0.2) is 0 Å². The zero-order chi connectivity index (χ0) is 10.6. The van der Waals surface area contributed by atoms with Crippen LogP contribution in [-0.4, -0.2) is 5.91 Å². The van der Waals surface area contributed by atoms with Crippen LogP contribution in [0.3, 0.4) is 0 Å². The van der Waals surface area contributed by atoms with Crippen molar-refractivity contribution in [1.29, 1.82) is 0 Å². The standard InChI is InChI=1S/C11H13NO2.Na/c1-8-3-5-10(6-4-8)12-11(14)7-9(2)13;/h3-7,13H,1-2H3,(H,12,14);/q;+1/p-1/b9-7-;. The van der Waals surface area contributed by atoms with Crippen LogP contribution in [-0.2, 0) is 4.79 Å².